The van der Waals surface area contributed by atoms with E-state index < -0.39 is 0 Å². The minimum absolute atomic E-state index is 0.0866. The van der Waals surface area contributed by atoms with Gasteiger partial charge in [0.1, 0.15) is 0 Å². The third-order valence-electron chi connectivity index (χ3n) is 2.92. The molecule has 1 heterocycles. The Morgan fingerprint density at radius 3 is 2.67 bits per heavy atom. The smallest absolute Gasteiger partial charge is 0.0610 e. The average Bonchev–Trinajstić information content (AvgIpc) is 2.55. The highest BCUT2D eigenvalue weighted by molar-refractivity contribution is 4.87. The SMILES string of the molecule is CN(C1CCNC1)C(C)(C)CO. The molecule has 1 saturated heterocycles. The molecule has 3 nitrogen and oxygen atoms in total. The normalized spacial score (nSPS) is 25.2. The maximum Gasteiger partial charge on any atom is 0.0610 e. The molecule has 0 aromatic heterocycles. The van der Waals surface area contributed by atoms with Gasteiger partial charge in [0.15, 0.2) is 0 Å². The van der Waals surface area contributed by atoms with Crippen LogP contribution in [0.2, 0.25) is 0 Å². The molecule has 1 rings (SSSR count). The molecule has 0 saturated carbocycles. The number of nitrogens with one attached hydrogen (secondary N) is 1. The third kappa shape index (κ3) is 1.97. The first-order valence-corrected chi connectivity index (χ1v) is 4.62. The van der Waals surface area contributed by atoms with E-state index in [1.165, 1.54) is 6.42 Å². The van der Waals surface area contributed by atoms with Crippen LogP contribution >= 0.6 is 0 Å². The Balaban J connectivity index is 2.50. The summed E-state index contributed by atoms with van der Waals surface area (Å²) in [6.45, 7) is 6.53. The van der Waals surface area contributed by atoms with Gasteiger partial charge in [-0.25, -0.2) is 0 Å². The summed E-state index contributed by atoms with van der Waals surface area (Å²) in [5.41, 5.74) is -0.0866. The Kier molecular flexibility index (Phi) is 3.09. The van der Waals surface area contributed by atoms with Crippen LogP contribution in [-0.4, -0.2) is 48.3 Å². The molecule has 3 heteroatoms. The Labute approximate surface area is 74.8 Å². The summed E-state index contributed by atoms with van der Waals surface area (Å²) >= 11 is 0. The molecule has 0 aromatic rings. The van der Waals surface area contributed by atoms with Crippen molar-refractivity contribution in [1.82, 2.24) is 10.2 Å². The van der Waals surface area contributed by atoms with Crippen molar-refractivity contribution >= 4 is 0 Å². The van der Waals surface area contributed by atoms with Crippen molar-refractivity contribution in [2.24, 2.45) is 0 Å². The van der Waals surface area contributed by atoms with Crippen LogP contribution in [-0.2, 0) is 0 Å². The maximum absolute atomic E-state index is 9.16. The highest BCUT2D eigenvalue weighted by atomic mass is 16.3. The van der Waals surface area contributed by atoms with Crippen molar-refractivity contribution in [2.45, 2.75) is 31.8 Å². The molecule has 1 atom stereocenters. The number of aliphatic hydroxyl groups is 1. The molecule has 0 aromatic carbocycles. The van der Waals surface area contributed by atoms with Gasteiger partial charge in [-0.3, -0.25) is 4.90 Å². The molecular weight excluding hydrogens is 152 g/mol. The predicted octanol–water partition coefficient (Wildman–Crippen LogP) is 0.0510. The zero-order chi connectivity index (χ0) is 9.19. The summed E-state index contributed by atoms with van der Waals surface area (Å²) < 4.78 is 0. The molecule has 2 N–H and O–H groups in total. The quantitative estimate of drug-likeness (QED) is 0.631. The van der Waals surface area contributed by atoms with Crippen molar-refractivity contribution in [3.05, 3.63) is 0 Å². The molecule has 0 spiro atoms. The largest absolute Gasteiger partial charge is 0.394 e. The van der Waals surface area contributed by atoms with Crippen LogP contribution in [0, 0.1) is 0 Å². The van der Waals surface area contributed by atoms with Crippen molar-refractivity contribution in [1.29, 1.82) is 0 Å². The van der Waals surface area contributed by atoms with Gasteiger partial charge in [0.05, 0.1) is 6.61 Å². The van der Waals surface area contributed by atoms with E-state index in [-0.39, 0.29) is 12.1 Å². The Morgan fingerprint density at radius 1 is 1.58 bits per heavy atom. The fourth-order valence-electron chi connectivity index (χ4n) is 1.58. The molecule has 0 amide bonds. The fourth-order valence-corrected chi connectivity index (χ4v) is 1.58. The van der Waals surface area contributed by atoms with Crippen molar-refractivity contribution < 1.29 is 5.11 Å². The third-order valence-corrected chi connectivity index (χ3v) is 2.92. The molecule has 72 valence electrons. The van der Waals surface area contributed by atoms with Gasteiger partial charge in [-0.15, -0.1) is 0 Å². The number of aliphatic hydroxyl groups excluding tert-OH is 1. The van der Waals surface area contributed by atoms with E-state index in [0.29, 0.717) is 6.04 Å². The lowest BCUT2D eigenvalue weighted by Gasteiger charge is -2.38. The van der Waals surface area contributed by atoms with E-state index >= 15 is 0 Å². The van der Waals surface area contributed by atoms with E-state index in [1.54, 1.807) is 0 Å². The molecule has 0 aliphatic carbocycles. The topological polar surface area (TPSA) is 35.5 Å². The van der Waals surface area contributed by atoms with E-state index in [2.05, 4.69) is 31.1 Å². The van der Waals surface area contributed by atoms with Crippen LogP contribution in [0.1, 0.15) is 20.3 Å². The average molecular weight is 172 g/mol. The van der Waals surface area contributed by atoms with Crippen molar-refractivity contribution in [3.8, 4) is 0 Å². The molecule has 1 aliphatic rings. The van der Waals surface area contributed by atoms with Gasteiger partial charge in [0.25, 0.3) is 0 Å². The molecule has 1 unspecified atom stereocenters. The van der Waals surface area contributed by atoms with E-state index in [9.17, 15) is 0 Å². The van der Waals surface area contributed by atoms with E-state index in [4.69, 9.17) is 5.11 Å². The van der Waals surface area contributed by atoms with E-state index in [1.807, 2.05) is 0 Å². The van der Waals surface area contributed by atoms with Gasteiger partial charge >= 0.3 is 0 Å². The van der Waals surface area contributed by atoms with E-state index in [0.717, 1.165) is 13.1 Å². The van der Waals surface area contributed by atoms with Crippen LogP contribution in [0.5, 0.6) is 0 Å². The van der Waals surface area contributed by atoms with Gasteiger partial charge in [-0.1, -0.05) is 0 Å². The van der Waals surface area contributed by atoms with Gasteiger partial charge in [-0.2, -0.15) is 0 Å². The second-order valence-electron chi connectivity index (χ2n) is 4.23. The number of hydrogen-bond acceptors (Lipinski definition) is 3. The standard InChI is InChI=1S/C9H20N2O/c1-9(2,7-12)11(3)8-4-5-10-6-8/h8,10,12H,4-7H2,1-3H3. The lowest BCUT2D eigenvalue weighted by Crippen LogP contribution is -2.50. The first-order valence-electron chi connectivity index (χ1n) is 4.62. The summed E-state index contributed by atoms with van der Waals surface area (Å²) in [4.78, 5) is 2.27. The van der Waals surface area contributed by atoms with Crippen LogP contribution in [0.3, 0.4) is 0 Å². The number of nitrogens with zero attached hydrogens (tertiary/aromatic N) is 1. The second kappa shape index (κ2) is 3.73. The second-order valence-corrected chi connectivity index (χ2v) is 4.23. The number of likely N-dealkylation sites (N-methyl/N-ethyl adjacent to an activating group) is 1. The molecular formula is C9H20N2O. The first kappa shape index (κ1) is 9.96. The zero-order valence-electron chi connectivity index (χ0n) is 8.30. The highest BCUT2D eigenvalue weighted by Gasteiger charge is 2.30. The van der Waals surface area contributed by atoms with Crippen LogP contribution in [0.15, 0.2) is 0 Å². The molecule has 1 fully saturated rings. The number of hydrogen-bond donors (Lipinski definition) is 2. The summed E-state index contributed by atoms with van der Waals surface area (Å²) in [5, 5.41) is 12.5. The molecule has 1 aliphatic heterocycles. The minimum Gasteiger partial charge on any atom is -0.394 e. The van der Waals surface area contributed by atoms with Crippen molar-refractivity contribution in [2.75, 3.05) is 26.7 Å². The lowest BCUT2D eigenvalue weighted by atomic mass is 10.0. The molecule has 0 radical (unpaired) electrons. The molecule has 12 heavy (non-hydrogen) atoms. The Hall–Kier alpha value is -0.120. The summed E-state index contributed by atoms with van der Waals surface area (Å²) in [5.74, 6) is 0. The Bertz CT molecular complexity index is 141. The monoisotopic (exact) mass is 172 g/mol. The highest BCUT2D eigenvalue weighted by Crippen LogP contribution is 2.17. The summed E-state index contributed by atoms with van der Waals surface area (Å²) in [7, 11) is 2.09. The van der Waals surface area contributed by atoms with Crippen molar-refractivity contribution in [3.63, 3.8) is 0 Å². The minimum atomic E-state index is -0.0866. The van der Waals surface area contributed by atoms with Crippen LogP contribution in [0.4, 0.5) is 0 Å². The lowest BCUT2D eigenvalue weighted by molar-refractivity contribution is 0.0511. The fraction of sp³-hybridized carbons (Fsp3) is 1.00. The van der Waals surface area contributed by atoms with Gasteiger partial charge < -0.3 is 10.4 Å². The van der Waals surface area contributed by atoms with Gasteiger partial charge in [0.2, 0.25) is 0 Å². The zero-order valence-corrected chi connectivity index (χ0v) is 8.30. The van der Waals surface area contributed by atoms with Crippen LogP contribution < -0.4 is 5.32 Å². The molecule has 0 bridgehead atoms. The van der Waals surface area contributed by atoms with Gasteiger partial charge in [0, 0.05) is 18.1 Å². The number of rotatable bonds is 3. The van der Waals surface area contributed by atoms with Crippen LogP contribution in [0.25, 0.3) is 0 Å². The summed E-state index contributed by atoms with van der Waals surface area (Å²) in [6, 6.07) is 0.590. The predicted molar refractivity (Wildman–Crippen MR) is 50.2 cm³/mol. The maximum atomic E-state index is 9.16. The Morgan fingerprint density at radius 2 is 2.25 bits per heavy atom. The summed E-state index contributed by atoms with van der Waals surface area (Å²) in [6.07, 6.45) is 1.19. The first-order chi connectivity index (χ1) is 5.58. The van der Waals surface area contributed by atoms with Gasteiger partial charge in [-0.05, 0) is 33.9 Å².